The highest BCUT2D eigenvalue weighted by Gasteiger charge is 2.29. The van der Waals surface area contributed by atoms with E-state index in [1.54, 1.807) is 20.8 Å². The third kappa shape index (κ3) is 6.00. The summed E-state index contributed by atoms with van der Waals surface area (Å²) >= 11 is 0. The number of carbonyl (C=O) groups excluding carboxylic acids is 2. The van der Waals surface area contributed by atoms with Crippen molar-refractivity contribution in [3.05, 3.63) is 59.7 Å². The van der Waals surface area contributed by atoms with Gasteiger partial charge in [-0.15, -0.1) is 0 Å². The van der Waals surface area contributed by atoms with Crippen molar-refractivity contribution in [2.45, 2.75) is 44.8 Å². The van der Waals surface area contributed by atoms with Crippen LogP contribution in [0.15, 0.2) is 48.5 Å². The molecule has 8 heteroatoms. The molecule has 0 spiro atoms. The first-order chi connectivity index (χ1) is 15.1. The molecule has 32 heavy (non-hydrogen) atoms. The third-order valence-corrected chi connectivity index (χ3v) is 4.98. The number of alkyl carbamates (subject to hydrolysis) is 2. The molecule has 1 aliphatic carbocycles. The number of carboxylic acid groups (broad SMARTS) is 1. The second kappa shape index (κ2) is 9.72. The van der Waals surface area contributed by atoms with Crippen LogP contribution in [0.1, 0.15) is 44.2 Å². The van der Waals surface area contributed by atoms with Gasteiger partial charge in [0.25, 0.3) is 0 Å². The number of carboxylic acids is 1. The summed E-state index contributed by atoms with van der Waals surface area (Å²) in [5.41, 5.74) is 3.70. The van der Waals surface area contributed by atoms with Crippen molar-refractivity contribution in [2.75, 3.05) is 13.2 Å². The molecular weight excluding hydrogens is 412 g/mol. The van der Waals surface area contributed by atoms with Crippen molar-refractivity contribution in [1.29, 1.82) is 0 Å². The Balaban J connectivity index is 1.59. The first kappa shape index (κ1) is 23.1. The number of hydrogen-bond donors (Lipinski definition) is 3. The molecule has 2 amide bonds. The molecule has 8 nitrogen and oxygen atoms in total. The van der Waals surface area contributed by atoms with Crippen LogP contribution in [0.2, 0.25) is 0 Å². The summed E-state index contributed by atoms with van der Waals surface area (Å²) in [5.74, 6) is -1.22. The Labute approximate surface area is 186 Å². The number of benzene rings is 2. The van der Waals surface area contributed by atoms with Gasteiger partial charge in [0.05, 0.1) is 12.5 Å². The van der Waals surface area contributed by atoms with Crippen LogP contribution in [0.4, 0.5) is 9.59 Å². The zero-order valence-corrected chi connectivity index (χ0v) is 18.4. The van der Waals surface area contributed by atoms with E-state index in [1.165, 1.54) is 0 Å². The minimum Gasteiger partial charge on any atom is -0.481 e. The molecule has 0 unspecified atom stereocenters. The Morgan fingerprint density at radius 3 is 2.06 bits per heavy atom. The van der Waals surface area contributed by atoms with E-state index in [4.69, 9.17) is 14.6 Å². The van der Waals surface area contributed by atoms with Gasteiger partial charge in [-0.1, -0.05) is 48.5 Å². The highest BCUT2D eigenvalue weighted by molar-refractivity contribution is 5.79. The van der Waals surface area contributed by atoms with Crippen LogP contribution >= 0.6 is 0 Å². The lowest BCUT2D eigenvalue weighted by Gasteiger charge is -2.22. The fraction of sp³-hybridized carbons (Fsp3) is 0.375. The monoisotopic (exact) mass is 440 g/mol. The Morgan fingerprint density at radius 2 is 1.53 bits per heavy atom. The van der Waals surface area contributed by atoms with Gasteiger partial charge >= 0.3 is 18.2 Å². The summed E-state index contributed by atoms with van der Waals surface area (Å²) in [7, 11) is 0. The number of ether oxygens (including phenoxy) is 2. The van der Waals surface area contributed by atoms with Crippen LogP contribution in [0.25, 0.3) is 11.1 Å². The van der Waals surface area contributed by atoms with E-state index in [1.807, 2.05) is 48.5 Å². The molecule has 170 valence electrons. The molecule has 2 aromatic rings. The quantitative estimate of drug-likeness (QED) is 0.602. The molecular formula is C24H28N2O6. The number of nitrogens with one attached hydrogen (secondary N) is 2. The van der Waals surface area contributed by atoms with Crippen LogP contribution in [-0.2, 0) is 14.3 Å². The van der Waals surface area contributed by atoms with E-state index in [0.717, 1.165) is 22.3 Å². The zero-order chi connectivity index (χ0) is 23.3. The number of amides is 2. The van der Waals surface area contributed by atoms with Crippen molar-refractivity contribution in [1.82, 2.24) is 10.6 Å². The smallest absolute Gasteiger partial charge is 0.407 e. The van der Waals surface area contributed by atoms with Crippen LogP contribution in [-0.4, -0.2) is 48.1 Å². The van der Waals surface area contributed by atoms with E-state index in [2.05, 4.69) is 10.6 Å². The summed E-state index contributed by atoms with van der Waals surface area (Å²) in [5, 5.41) is 14.1. The standard InChI is InChI=1S/C24H28N2O6/c1-24(2,3)32-22(29)25-13-15(12-21(27)28)26-23(30)31-14-20-18-10-6-4-8-16(18)17-9-5-7-11-19(17)20/h4-11,15,20H,12-14H2,1-3H3,(H,25,29)(H,26,30)(H,27,28)/t15-/m1/s1. The lowest BCUT2D eigenvalue weighted by atomic mass is 9.98. The van der Waals surface area contributed by atoms with Crippen molar-refractivity contribution < 1.29 is 29.0 Å². The molecule has 0 aliphatic heterocycles. The maximum atomic E-state index is 12.4. The van der Waals surface area contributed by atoms with Gasteiger partial charge in [-0.3, -0.25) is 4.79 Å². The predicted octanol–water partition coefficient (Wildman–Crippen LogP) is 3.89. The fourth-order valence-electron chi connectivity index (χ4n) is 3.71. The Kier molecular flexibility index (Phi) is 7.02. The SMILES string of the molecule is CC(C)(C)OC(=O)NC[C@@H](CC(=O)O)NC(=O)OCC1c2ccccc2-c2ccccc21. The first-order valence-corrected chi connectivity index (χ1v) is 10.4. The van der Waals surface area contributed by atoms with Gasteiger partial charge in [-0.25, -0.2) is 9.59 Å². The van der Waals surface area contributed by atoms with Crippen molar-refractivity contribution in [3.63, 3.8) is 0 Å². The fourth-order valence-corrected chi connectivity index (χ4v) is 3.71. The predicted molar refractivity (Wildman–Crippen MR) is 118 cm³/mol. The Hall–Kier alpha value is -3.55. The molecule has 3 N–H and O–H groups in total. The molecule has 0 aromatic heterocycles. The molecule has 0 saturated heterocycles. The average Bonchev–Trinajstić information content (AvgIpc) is 3.03. The Bertz CT molecular complexity index is 952. The topological polar surface area (TPSA) is 114 Å². The van der Waals surface area contributed by atoms with Crippen LogP contribution in [0.3, 0.4) is 0 Å². The highest BCUT2D eigenvalue weighted by atomic mass is 16.6. The van der Waals surface area contributed by atoms with Crippen LogP contribution in [0.5, 0.6) is 0 Å². The summed E-state index contributed by atoms with van der Waals surface area (Å²) in [6.07, 6.45) is -1.81. The summed E-state index contributed by atoms with van der Waals surface area (Å²) in [6, 6.07) is 15.1. The van der Waals surface area contributed by atoms with Gasteiger partial charge in [0.1, 0.15) is 12.2 Å². The number of hydrogen-bond acceptors (Lipinski definition) is 5. The van der Waals surface area contributed by atoms with Gasteiger partial charge in [0.15, 0.2) is 0 Å². The molecule has 0 bridgehead atoms. The minimum absolute atomic E-state index is 0.106. The zero-order valence-electron chi connectivity index (χ0n) is 18.4. The number of carbonyl (C=O) groups is 3. The van der Waals surface area contributed by atoms with E-state index < -0.39 is 29.8 Å². The lowest BCUT2D eigenvalue weighted by molar-refractivity contribution is -0.137. The maximum absolute atomic E-state index is 12.4. The minimum atomic E-state index is -1.11. The molecule has 3 rings (SSSR count). The first-order valence-electron chi connectivity index (χ1n) is 10.4. The van der Waals surface area contributed by atoms with Gasteiger partial charge in [-0.05, 0) is 43.0 Å². The molecule has 2 aromatic carbocycles. The average molecular weight is 440 g/mol. The van der Waals surface area contributed by atoms with Crippen molar-refractivity contribution in [3.8, 4) is 11.1 Å². The second-order valence-corrected chi connectivity index (χ2v) is 8.65. The van der Waals surface area contributed by atoms with Crippen molar-refractivity contribution in [2.24, 2.45) is 0 Å². The molecule has 1 aliphatic rings. The van der Waals surface area contributed by atoms with E-state index in [9.17, 15) is 14.4 Å². The van der Waals surface area contributed by atoms with Crippen molar-refractivity contribution >= 4 is 18.2 Å². The second-order valence-electron chi connectivity index (χ2n) is 8.65. The van der Waals surface area contributed by atoms with E-state index >= 15 is 0 Å². The van der Waals surface area contributed by atoms with Gasteiger partial charge < -0.3 is 25.2 Å². The third-order valence-electron chi connectivity index (χ3n) is 4.98. The number of aliphatic carboxylic acids is 1. The summed E-state index contributed by atoms with van der Waals surface area (Å²) < 4.78 is 10.6. The lowest BCUT2D eigenvalue weighted by Crippen LogP contribution is -2.46. The highest BCUT2D eigenvalue weighted by Crippen LogP contribution is 2.44. The molecule has 0 saturated carbocycles. The number of rotatable bonds is 7. The molecule has 0 fully saturated rings. The van der Waals surface area contributed by atoms with Gasteiger partial charge in [0, 0.05) is 12.5 Å². The summed E-state index contributed by atoms with van der Waals surface area (Å²) in [6.45, 7) is 5.16. The normalized spacial score (nSPS) is 13.5. The maximum Gasteiger partial charge on any atom is 0.407 e. The number of fused-ring (bicyclic) bond motifs is 3. The van der Waals surface area contributed by atoms with Gasteiger partial charge in [0.2, 0.25) is 0 Å². The Morgan fingerprint density at radius 1 is 0.969 bits per heavy atom. The van der Waals surface area contributed by atoms with Gasteiger partial charge in [-0.2, -0.15) is 0 Å². The largest absolute Gasteiger partial charge is 0.481 e. The van der Waals surface area contributed by atoms with E-state index in [-0.39, 0.29) is 25.5 Å². The molecule has 1 atom stereocenters. The van der Waals surface area contributed by atoms with E-state index in [0.29, 0.717) is 0 Å². The van der Waals surface area contributed by atoms with Crippen LogP contribution in [0, 0.1) is 0 Å². The summed E-state index contributed by atoms with van der Waals surface area (Å²) in [4.78, 5) is 35.4. The molecule has 0 radical (unpaired) electrons. The van der Waals surface area contributed by atoms with Crippen LogP contribution < -0.4 is 10.6 Å². The molecule has 0 heterocycles.